The molecule has 0 spiro atoms. The Bertz CT molecular complexity index is 839. The van der Waals surface area contributed by atoms with Crippen molar-refractivity contribution in [2.45, 2.75) is 24.7 Å². The van der Waals surface area contributed by atoms with Crippen LogP contribution in [-0.2, 0) is 10.0 Å². The van der Waals surface area contributed by atoms with Gasteiger partial charge in [-0.05, 0) is 56.2 Å². The second-order valence-electron chi connectivity index (χ2n) is 5.96. The summed E-state index contributed by atoms with van der Waals surface area (Å²) >= 11 is 0. The molecular weight excluding hydrogens is 324 g/mol. The van der Waals surface area contributed by atoms with Crippen molar-refractivity contribution in [2.75, 3.05) is 18.4 Å². The van der Waals surface area contributed by atoms with E-state index in [1.807, 2.05) is 25.1 Å². The summed E-state index contributed by atoms with van der Waals surface area (Å²) in [5.74, 6) is -0.214. The fourth-order valence-corrected chi connectivity index (χ4v) is 4.29. The molecule has 2 aromatic carbocycles. The van der Waals surface area contributed by atoms with E-state index in [0.717, 1.165) is 18.4 Å². The molecule has 1 saturated heterocycles. The topological polar surface area (TPSA) is 66.5 Å². The minimum absolute atomic E-state index is 0.214. The SMILES string of the molecule is Cc1cccc(C(=O)Nc2ccc(S(=O)(=O)N3CCCC3)cc2)c1. The maximum Gasteiger partial charge on any atom is 0.255 e. The quantitative estimate of drug-likeness (QED) is 0.927. The maximum atomic E-state index is 12.5. The summed E-state index contributed by atoms with van der Waals surface area (Å²) in [7, 11) is -3.42. The summed E-state index contributed by atoms with van der Waals surface area (Å²) < 4.78 is 26.4. The smallest absolute Gasteiger partial charge is 0.255 e. The van der Waals surface area contributed by atoms with E-state index in [0.29, 0.717) is 24.3 Å². The number of amides is 1. The van der Waals surface area contributed by atoms with Crippen molar-refractivity contribution >= 4 is 21.6 Å². The average Bonchev–Trinajstić information content (AvgIpc) is 3.10. The minimum atomic E-state index is -3.42. The molecule has 0 aliphatic carbocycles. The summed E-state index contributed by atoms with van der Waals surface area (Å²) in [6.07, 6.45) is 1.81. The van der Waals surface area contributed by atoms with Crippen molar-refractivity contribution < 1.29 is 13.2 Å². The third-order valence-corrected chi connectivity index (χ3v) is 6.01. The van der Waals surface area contributed by atoms with Crippen LogP contribution in [0, 0.1) is 6.92 Å². The van der Waals surface area contributed by atoms with Gasteiger partial charge in [-0.15, -0.1) is 0 Å². The first-order chi connectivity index (χ1) is 11.5. The lowest BCUT2D eigenvalue weighted by Crippen LogP contribution is -2.27. The molecule has 0 bridgehead atoms. The monoisotopic (exact) mass is 344 g/mol. The highest BCUT2D eigenvalue weighted by atomic mass is 32.2. The van der Waals surface area contributed by atoms with Crippen LogP contribution in [0.1, 0.15) is 28.8 Å². The largest absolute Gasteiger partial charge is 0.322 e. The molecule has 0 atom stereocenters. The first kappa shape index (κ1) is 16.7. The van der Waals surface area contributed by atoms with Gasteiger partial charge in [0.15, 0.2) is 0 Å². The summed E-state index contributed by atoms with van der Waals surface area (Å²) in [4.78, 5) is 12.5. The molecule has 0 aromatic heterocycles. The van der Waals surface area contributed by atoms with Gasteiger partial charge in [-0.3, -0.25) is 4.79 Å². The highest BCUT2D eigenvalue weighted by molar-refractivity contribution is 7.89. The Labute approximate surface area is 142 Å². The second-order valence-corrected chi connectivity index (χ2v) is 7.90. The molecule has 1 aliphatic heterocycles. The van der Waals surface area contributed by atoms with Gasteiger partial charge in [0.05, 0.1) is 4.90 Å². The molecule has 1 fully saturated rings. The standard InChI is InChI=1S/C18H20N2O3S/c1-14-5-4-6-15(13-14)18(21)19-16-7-9-17(10-8-16)24(22,23)20-11-2-3-12-20/h4-10,13H,2-3,11-12H2,1H3,(H,19,21). The van der Waals surface area contributed by atoms with Gasteiger partial charge in [0.1, 0.15) is 0 Å². The highest BCUT2D eigenvalue weighted by Gasteiger charge is 2.26. The van der Waals surface area contributed by atoms with Gasteiger partial charge in [0, 0.05) is 24.3 Å². The van der Waals surface area contributed by atoms with Gasteiger partial charge in [0.25, 0.3) is 5.91 Å². The molecule has 126 valence electrons. The molecule has 3 rings (SSSR count). The molecule has 24 heavy (non-hydrogen) atoms. The minimum Gasteiger partial charge on any atom is -0.322 e. The summed E-state index contributed by atoms with van der Waals surface area (Å²) in [5, 5.41) is 2.79. The highest BCUT2D eigenvalue weighted by Crippen LogP contribution is 2.22. The molecule has 2 aromatic rings. The number of hydrogen-bond donors (Lipinski definition) is 1. The lowest BCUT2D eigenvalue weighted by Gasteiger charge is -2.15. The van der Waals surface area contributed by atoms with Gasteiger partial charge in [0.2, 0.25) is 10.0 Å². The van der Waals surface area contributed by atoms with E-state index in [4.69, 9.17) is 0 Å². The summed E-state index contributed by atoms with van der Waals surface area (Å²) in [6.45, 7) is 3.08. The molecule has 6 heteroatoms. The fourth-order valence-electron chi connectivity index (χ4n) is 2.78. The zero-order valence-electron chi connectivity index (χ0n) is 13.5. The number of carbonyl (C=O) groups is 1. The third-order valence-electron chi connectivity index (χ3n) is 4.10. The van der Waals surface area contributed by atoms with Crippen LogP contribution in [0.15, 0.2) is 53.4 Å². The fraction of sp³-hybridized carbons (Fsp3) is 0.278. The number of carbonyl (C=O) groups excluding carboxylic acids is 1. The van der Waals surface area contributed by atoms with Crippen LogP contribution < -0.4 is 5.32 Å². The number of aryl methyl sites for hydroxylation is 1. The van der Waals surface area contributed by atoms with E-state index in [1.54, 1.807) is 30.3 Å². The lowest BCUT2D eigenvalue weighted by atomic mass is 10.1. The Hall–Kier alpha value is -2.18. The van der Waals surface area contributed by atoms with E-state index in [1.165, 1.54) is 4.31 Å². The van der Waals surface area contributed by atoms with Gasteiger partial charge in [-0.2, -0.15) is 4.31 Å². The first-order valence-electron chi connectivity index (χ1n) is 7.95. The molecule has 1 heterocycles. The summed E-state index contributed by atoms with van der Waals surface area (Å²) in [6, 6.07) is 13.6. The Kier molecular flexibility index (Phi) is 4.69. The van der Waals surface area contributed by atoms with Crippen molar-refractivity contribution in [3.8, 4) is 0 Å². The zero-order chi connectivity index (χ0) is 17.2. The third kappa shape index (κ3) is 3.49. The number of anilines is 1. The van der Waals surface area contributed by atoms with Crippen molar-refractivity contribution in [3.63, 3.8) is 0 Å². The number of rotatable bonds is 4. The van der Waals surface area contributed by atoms with Crippen molar-refractivity contribution in [2.24, 2.45) is 0 Å². The molecule has 1 N–H and O–H groups in total. The van der Waals surface area contributed by atoms with Gasteiger partial charge in [-0.1, -0.05) is 17.7 Å². The van der Waals surface area contributed by atoms with Crippen LogP contribution >= 0.6 is 0 Å². The first-order valence-corrected chi connectivity index (χ1v) is 9.39. The van der Waals surface area contributed by atoms with Crippen molar-refractivity contribution in [1.82, 2.24) is 4.31 Å². The molecule has 0 saturated carbocycles. The number of nitrogens with one attached hydrogen (secondary N) is 1. The van der Waals surface area contributed by atoms with E-state index in [2.05, 4.69) is 5.32 Å². The predicted octanol–water partition coefficient (Wildman–Crippen LogP) is 3.03. The van der Waals surface area contributed by atoms with Crippen LogP contribution in [0.2, 0.25) is 0 Å². The van der Waals surface area contributed by atoms with E-state index >= 15 is 0 Å². The molecule has 1 aliphatic rings. The lowest BCUT2D eigenvalue weighted by molar-refractivity contribution is 0.102. The van der Waals surface area contributed by atoms with Crippen molar-refractivity contribution in [3.05, 3.63) is 59.7 Å². The normalized spacial score (nSPS) is 15.4. The van der Waals surface area contributed by atoms with Crippen LogP contribution in [-0.4, -0.2) is 31.7 Å². The average molecular weight is 344 g/mol. The number of hydrogen-bond acceptors (Lipinski definition) is 3. The van der Waals surface area contributed by atoms with Gasteiger partial charge < -0.3 is 5.32 Å². The van der Waals surface area contributed by atoms with Crippen LogP contribution in [0.5, 0.6) is 0 Å². The number of nitrogens with zero attached hydrogens (tertiary/aromatic N) is 1. The van der Waals surface area contributed by atoms with E-state index in [9.17, 15) is 13.2 Å². The Morgan fingerprint density at radius 1 is 1.04 bits per heavy atom. The maximum absolute atomic E-state index is 12.5. The molecular formula is C18H20N2O3S. The van der Waals surface area contributed by atoms with Gasteiger partial charge in [-0.25, -0.2) is 8.42 Å². The number of sulfonamides is 1. The molecule has 5 nitrogen and oxygen atoms in total. The predicted molar refractivity (Wildman–Crippen MR) is 93.6 cm³/mol. The van der Waals surface area contributed by atoms with E-state index < -0.39 is 10.0 Å². The Morgan fingerprint density at radius 3 is 2.33 bits per heavy atom. The van der Waals surface area contributed by atoms with Gasteiger partial charge >= 0.3 is 0 Å². The van der Waals surface area contributed by atoms with E-state index in [-0.39, 0.29) is 10.8 Å². The molecule has 0 radical (unpaired) electrons. The van der Waals surface area contributed by atoms with Crippen LogP contribution in [0.3, 0.4) is 0 Å². The molecule has 1 amide bonds. The second kappa shape index (κ2) is 6.75. The zero-order valence-corrected chi connectivity index (χ0v) is 14.3. The molecule has 0 unspecified atom stereocenters. The van der Waals surface area contributed by atoms with Crippen LogP contribution in [0.25, 0.3) is 0 Å². The van der Waals surface area contributed by atoms with Crippen molar-refractivity contribution in [1.29, 1.82) is 0 Å². The summed E-state index contributed by atoms with van der Waals surface area (Å²) in [5.41, 5.74) is 2.15. The Balaban J connectivity index is 1.74. The number of benzene rings is 2. The van der Waals surface area contributed by atoms with Crippen LogP contribution in [0.4, 0.5) is 5.69 Å². The Morgan fingerprint density at radius 2 is 1.71 bits per heavy atom.